The molecular weight excluding hydrogens is 264 g/mol. The zero-order valence-corrected chi connectivity index (χ0v) is 13.3. The third-order valence-electron chi connectivity index (χ3n) is 4.56. The summed E-state index contributed by atoms with van der Waals surface area (Å²) in [5, 5.41) is 2.92. The molecule has 1 aliphatic rings. The summed E-state index contributed by atoms with van der Waals surface area (Å²) in [6.07, 6.45) is 1.23. The quantitative estimate of drug-likeness (QED) is 0.925. The molecule has 0 aliphatic carbocycles. The maximum atomic E-state index is 12.8. The van der Waals surface area contributed by atoms with Gasteiger partial charge in [0.15, 0.2) is 0 Å². The normalized spacial score (nSPS) is 21.3. The minimum atomic E-state index is -0.742. The lowest BCUT2D eigenvalue weighted by atomic mass is 9.87. The molecule has 0 spiro atoms. The SMILES string of the molecule is CCC1(CC)NC(=O)C(C)N(Cc2ccc(C)cc2)C1=O. The zero-order valence-electron chi connectivity index (χ0n) is 13.3. The Morgan fingerprint density at radius 2 is 1.71 bits per heavy atom. The molecule has 1 aromatic rings. The molecule has 1 saturated heterocycles. The second-order valence-corrected chi connectivity index (χ2v) is 5.87. The van der Waals surface area contributed by atoms with Gasteiger partial charge in [0.2, 0.25) is 11.8 Å². The first-order valence-corrected chi connectivity index (χ1v) is 7.62. The van der Waals surface area contributed by atoms with Crippen LogP contribution in [0.25, 0.3) is 0 Å². The molecule has 4 nitrogen and oxygen atoms in total. The fourth-order valence-electron chi connectivity index (χ4n) is 2.81. The Kier molecular flexibility index (Phi) is 4.35. The van der Waals surface area contributed by atoms with Crippen molar-refractivity contribution in [3.8, 4) is 0 Å². The van der Waals surface area contributed by atoms with Gasteiger partial charge in [0.05, 0.1) is 0 Å². The van der Waals surface area contributed by atoms with E-state index in [0.717, 1.165) is 5.56 Å². The molecule has 2 amide bonds. The molecule has 1 heterocycles. The Labute approximate surface area is 126 Å². The number of carbonyl (C=O) groups excluding carboxylic acids is 2. The highest BCUT2D eigenvalue weighted by molar-refractivity contribution is 5.99. The Bertz CT molecular complexity index is 532. The topological polar surface area (TPSA) is 49.4 Å². The van der Waals surface area contributed by atoms with Crippen LogP contribution < -0.4 is 5.32 Å². The summed E-state index contributed by atoms with van der Waals surface area (Å²) in [5.74, 6) is -0.0365. The van der Waals surface area contributed by atoms with Crippen molar-refractivity contribution >= 4 is 11.8 Å². The van der Waals surface area contributed by atoms with Crippen molar-refractivity contribution in [2.45, 2.75) is 58.7 Å². The average Bonchev–Trinajstić information content (AvgIpc) is 2.49. The molecule has 4 heteroatoms. The first kappa shape index (κ1) is 15.5. The lowest BCUT2D eigenvalue weighted by molar-refractivity contribution is -0.155. The summed E-state index contributed by atoms with van der Waals surface area (Å²) in [5.41, 5.74) is 1.50. The molecule has 2 rings (SSSR count). The highest BCUT2D eigenvalue weighted by Crippen LogP contribution is 2.26. The second-order valence-electron chi connectivity index (χ2n) is 5.87. The molecule has 0 aromatic heterocycles. The Morgan fingerprint density at radius 3 is 2.24 bits per heavy atom. The molecule has 21 heavy (non-hydrogen) atoms. The molecule has 1 aliphatic heterocycles. The van der Waals surface area contributed by atoms with Gasteiger partial charge in [0, 0.05) is 6.54 Å². The smallest absolute Gasteiger partial charge is 0.249 e. The van der Waals surface area contributed by atoms with Gasteiger partial charge >= 0.3 is 0 Å². The van der Waals surface area contributed by atoms with Crippen LogP contribution in [0.4, 0.5) is 0 Å². The number of amides is 2. The van der Waals surface area contributed by atoms with E-state index in [9.17, 15) is 9.59 Å². The van der Waals surface area contributed by atoms with Crippen molar-refractivity contribution in [1.29, 1.82) is 0 Å². The number of hydrogen-bond acceptors (Lipinski definition) is 2. The first-order valence-electron chi connectivity index (χ1n) is 7.62. The lowest BCUT2D eigenvalue weighted by Gasteiger charge is -2.44. The average molecular weight is 288 g/mol. The number of nitrogens with zero attached hydrogens (tertiary/aromatic N) is 1. The van der Waals surface area contributed by atoms with Crippen LogP contribution in [0.2, 0.25) is 0 Å². The second kappa shape index (κ2) is 5.88. The number of piperazine rings is 1. The van der Waals surface area contributed by atoms with Gasteiger partial charge in [-0.3, -0.25) is 9.59 Å². The Balaban J connectivity index is 2.28. The van der Waals surface area contributed by atoms with Crippen LogP contribution in [0, 0.1) is 6.92 Å². The molecule has 0 bridgehead atoms. The van der Waals surface area contributed by atoms with Crippen LogP contribution in [0.5, 0.6) is 0 Å². The third kappa shape index (κ3) is 2.80. The van der Waals surface area contributed by atoms with Gasteiger partial charge in [0.25, 0.3) is 0 Å². The van der Waals surface area contributed by atoms with E-state index >= 15 is 0 Å². The van der Waals surface area contributed by atoms with E-state index in [1.165, 1.54) is 5.56 Å². The van der Waals surface area contributed by atoms with E-state index in [0.29, 0.717) is 19.4 Å². The van der Waals surface area contributed by atoms with Gasteiger partial charge in [-0.15, -0.1) is 0 Å². The van der Waals surface area contributed by atoms with E-state index < -0.39 is 11.6 Å². The minimum Gasteiger partial charge on any atom is -0.340 e. The van der Waals surface area contributed by atoms with Crippen LogP contribution >= 0.6 is 0 Å². The van der Waals surface area contributed by atoms with Crippen LogP contribution in [0.1, 0.15) is 44.7 Å². The number of carbonyl (C=O) groups is 2. The van der Waals surface area contributed by atoms with Crippen molar-refractivity contribution in [2.24, 2.45) is 0 Å². The number of rotatable bonds is 4. The van der Waals surface area contributed by atoms with Crippen molar-refractivity contribution in [3.05, 3.63) is 35.4 Å². The van der Waals surface area contributed by atoms with E-state index in [1.54, 1.807) is 11.8 Å². The van der Waals surface area contributed by atoms with Crippen molar-refractivity contribution < 1.29 is 9.59 Å². The van der Waals surface area contributed by atoms with E-state index in [4.69, 9.17) is 0 Å². The largest absolute Gasteiger partial charge is 0.340 e. The summed E-state index contributed by atoms with van der Waals surface area (Å²) in [6, 6.07) is 7.66. The maximum absolute atomic E-state index is 12.8. The van der Waals surface area contributed by atoms with Crippen molar-refractivity contribution in [2.75, 3.05) is 0 Å². The summed E-state index contributed by atoms with van der Waals surface area (Å²) < 4.78 is 0. The van der Waals surface area contributed by atoms with Crippen molar-refractivity contribution in [1.82, 2.24) is 10.2 Å². The van der Waals surface area contributed by atoms with Crippen LogP contribution in [-0.4, -0.2) is 28.3 Å². The predicted molar refractivity (Wildman–Crippen MR) is 82.6 cm³/mol. The van der Waals surface area contributed by atoms with E-state index in [2.05, 4.69) is 5.32 Å². The van der Waals surface area contributed by atoms with E-state index in [1.807, 2.05) is 45.0 Å². The minimum absolute atomic E-state index is 0.0279. The van der Waals surface area contributed by atoms with Gasteiger partial charge in [-0.2, -0.15) is 0 Å². The molecule has 1 N–H and O–H groups in total. The first-order chi connectivity index (χ1) is 9.93. The number of hydrogen-bond donors (Lipinski definition) is 1. The molecule has 1 aromatic carbocycles. The molecule has 0 saturated carbocycles. The molecule has 1 unspecified atom stereocenters. The Morgan fingerprint density at radius 1 is 1.14 bits per heavy atom. The number of nitrogens with one attached hydrogen (secondary N) is 1. The van der Waals surface area contributed by atoms with Gasteiger partial charge in [0.1, 0.15) is 11.6 Å². The van der Waals surface area contributed by atoms with Gasteiger partial charge in [-0.05, 0) is 32.3 Å². The maximum Gasteiger partial charge on any atom is 0.249 e. The summed E-state index contributed by atoms with van der Waals surface area (Å²) in [7, 11) is 0. The molecular formula is C17H24N2O2. The number of benzene rings is 1. The fourth-order valence-corrected chi connectivity index (χ4v) is 2.81. The molecule has 0 radical (unpaired) electrons. The van der Waals surface area contributed by atoms with Gasteiger partial charge in [-0.25, -0.2) is 0 Å². The fraction of sp³-hybridized carbons (Fsp3) is 0.529. The summed E-state index contributed by atoms with van der Waals surface area (Å²) in [4.78, 5) is 26.8. The van der Waals surface area contributed by atoms with Crippen LogP contribution in [0.15, 0.2) is 24.3 Å². The van der Waals surface area contributed by atoms with E-state index in [-0.39, 0.29) is 11.8 Å². The summed E-state index contributed by atoms with van der Waals surface area (Å²) in [6.45, 7) is 8.20. The molecule has 1 fully saturated rings. The highest BCUT2D eigenvalue weighted by Gasteiger charge is 2.47. The monoisotopic (exact) mass is 288 g/mol. The molecule has 1 atom stereocenters. The Hall–Kier alpha value is -1.84. The summed E-state index contributed by atoms with van der Waals surface area (Å²) >= 11 is 0. The zero-order chi connectivity index (χ0) is 15.6. The lowest BCUT2D eigenvalue weighted by Crippen LogP contribution is -2.69. The van der Waals surface area contributed by atoms with Crippen LogP contribution in [0.3, 0.4) is 0 Å². The third-order valence-corrected chi connectivity index (χ3v) is 4.56. The standard InChI is InChI=1S/C17H24N2O2/c1-5-17(6-2)16(21)19(13(4)15(20)18-17)11-14-9-7-12(3)8-10-14/h7-10,13H,5-6,11H2,1-4H3,(H,18,20). The number of aryl methyl sites for hydroxylation is 1. The van der Waals surface area contributed by atoms with Gasteiger partial charge in [-0.1, -0.05) is 43.7 Å². The van der Waals surface area contributed by atoms with Crippen LogP contribution in [-0.2, 0) is 16.1 Å². The van der Waals surface area contributed by atoms with Gasteiger partial charge < -0.3 is 10.2 Å². The molecule has 114 valence electrons. The highest BCUT2D eigenvalue weighted by atomic mass is 16.2. The predicted octanol–water partition coefficient (Wildman–Crippen LogP) is 2.40. The van der Waals surface area contributed by atoms with Crippen molar-refractivity contribution in [3.63, 3.8) is 0 Å².